The van der Waals surface area contributed by atoms with Crippen molar-refractivity contribution >= 4 is 45.2 Å². The molecule has 7 nitrogen and oxygen atoms in total. The van der Waals surface area contributed by atoms with Crippen LogP contribution in [0.4, 0.5) is 11.8 Å². The summed E-state index contributed by atoms with van der Waals surface area (Å²) in [4.78, 5) is 25.6. The Kier molecular flexibility index (Phi) is 4.28. The number of halogens is 1. The molecule has 1 aliphatic heterocycles. The largest absolute Gasteiger partial charge is 0.288 e. The minimum absolute atomic E-state index is 0.103. The van der Waals surface area contributed by atoms with Crippen molar-refractivity contribution in [3.8, 4) is 5.95 Å². The lowest BCUT2D eigenvalue weighted by molar-refractivity contribution is 0.193. The maximum atomic E-state index is 6.60. The molecule has 0 saturated heterocycles. The predicted octanol–water partition coefficient (Wildman–Crippen LogP) is 6.15. The lowest BCUT2D eigenvalue weighted by Crippen LogP contribution is -2.55. The monoisotopic (exact) mass is 481 g/mol. The highest BCUT2D eigenvalue weighted by molar-refractivity contribution is 6.28. The van der Waals surface area contributed by atoms with Crippen molar-refractivity contribution in [1.29, 1.82) is 0 Å². The number of nitrogens with zero attached hydrogens (tertiary/aromatic N) is 7. The highest BCUT2D eigenvalue weighted by atomic mass is 35.5. The molecule has 1 saturated carbocycles. The van der Waals surface area contributed by atoms with Gasteiger partial charge in [-0.25, -0.2) is 9.97 Å². The van der Waals surface area contributed by atoms with Crippen molar-refractivity contribution in [3.05, 3.63) is 71.9 Å². The molecule has 35 heavy (non-hydrogen) atoms. The summed E-state index contributed by atoms with van der Waals surface area (Å²) in [6, 6.07) is 16.6. The molecule has 0 bridgehead atoms. The summed E-state index contributed by atoms with van der Waals surface area (Å²) in [6.45, 7) is 4.62. The normalized spacial score (nSPS) is 23.6. The van der Waals surface area contributed by atoms with Crippen molar-refractivity contribution in [2.24, 2.45) is 0 Å². The number of benzene rings is 2. The number of rotatable bonds is 2. The molecular weight excluding hydrogens is 458 g/mol. The number of hydrogen-bond acceptors (Lipinski definition) is 6. The summed E-state index contributed by atoms with van der Waals surface area (Å²) in [6.07, 6.45) is 7.96. The van der Waals surface area contributed by atoms with E-state index in [9.17, 15) is 0 Å². The van der Waals surface area contributed by atoms with Crippen LogP contribution in [-0.2, 0) is 5.41 Å². The van der Waals surface area contributed by atoms with E-state index >= 15 is 0 Å². The fourth-order valence-corrected chi connectivity index (χ4v) is 6.53. The Morgan fingerprint density at radius 3 is 2.23 bits per heavy atom. The van der Waals surface area contributed by atoms with Gasteiger partial charge in [0.2, 0.25) is 17.2 Å². The molecule has 0 radical (unpaired) electrons. The quantitative estimate of drug-likeness (QED) is 0.301. The Hall–Kier alpha value is -3.58. The molecule has 5 aromatic rings. The fourth-order valence-electron chi connectivity index (χ4n) is 6.38. The second-order valence-electron chi connectivity index (χ2n) is 9.98. The van der Waals surface area contributed by atoms with Crippen LogP contribution in [0.3, 0.4) is 0 Å². The molecule has 2 unspecified atom stereocenters. The van der Waals surface area contributed by atoms with E-state index in [4.69, 9.17) is 21.6 Å². The Morgan fingerprint density at radius 2 is 1.49 bits per heavy atom. The summed E-state index contributed by atoms with van der Waals surface area (Å²) < 4.78 is 2.07. The van der Waals surface area contributed by atoms with Crippen molar-refractivity contribution in [2.75, 3.05) is 4.90 Å². The third-order valence-electron chi connectivity index (χ3n) is 8.33. The van der Waals surface area contributed by atoms with Gasteiger partial charge in [0.25, 0.3) is 0 Å². The van der Waals surface area contributed by atoms with Gasteiger partial charge < -0.3 is 0 Å². The van der Waals surface area contributed by atoms with Gasteiger partial charge in [-0.3, -0.25) is 9.47 Å². The number of hydrogen-bond donors (Lipinski definition) is 0. The van der Waals surface area contributed by atoms with E-state index in [1.165, 1.54) is 6.42 Å². The van der Waals surface area contributed by atoms with Crippen LogP contribution in [-0.4, -0.2) is 35.0 Å². The van der Waals surface area contributed by atoms with Crippen LogP contribution < -0.4 is 4.90 Å². The molecular formula is C27H24ClN7. The lowest BCUT2D eigenvalue weighted by atomic mass is 9.62. The second-order valence-corrected chi connectivity index (χ2v) is 10.3. The van der Waals surface area contributed by atoms with E-state index in [0.29, 0.717) is 11.9 Å². The van der Waals surface area contributed by atoms with Crippen LogP contribution in [0, 0.1) is 0 Å². The van der Waals surface area contributed by atoms with Gasteiger partial charge in [-0.2, -0.15) is 15.0 Å². The van der Waals surface area contributed by atoms with E-state index in [-0.39, 0.29) is 16.2 Å². The SMILES string of the molecule is CC12CCCCC1(C)N(c1nc(Cl)nc(-n3c4ccccc4c4ccccc43)n1)c1ncncc12. The van der Waals surface area contributed by atoms with Crippen molar-refractivity contribution in [1.82, 2.24) is 29.5 Å². The minimum Gasteiger partial charge on any atom is -0.288 e. The molecule has 0 N–H and O–H groups in total. The molecule has 1 fully saturated rings. The van der Waals surface area contributed by atoms with Gasteiger partial charge in [0, 0.05) is 27.9 Å². The van der Waals surface area contributed by atoms with Gasteiger partial charge >= 0.3 is 0 Å². The van der Waals surface area contributed by atoms with Crippen LogP contribution in [0.5, 0.6) is 0 Å². The third kappa shape index (κ3) is 2.70. The zero-order valence-corrected chi connectivity index (χ0v) is 20.4. The first-order chi connectivity index (χ1) is 17.0. The van der Waals surface area contributed by atoms with Gasteiger partial charge in [0.15, 0.2) is 0 Å². The van der Waals surface area contributed by atoms with Crippen LogP contribution >= 0.6 is 11.6 Å². The lowest BCUT2D eigenvalue weighted by Gasteiger charge is -2.48. The molecule has 8 heteroatoms. The summed E-state index contributed by atoms with van der Waals surface area (Å²) in [5, 5.41) is 2.45. The van der Waals surface area contributed by atoms with Gasteiger partial charge in [0.1, 0.15) is 12.1 Å². The highest BCUT2D eigenvalue weighted by Gasteiger charge is 2.59. The van der Waals surface area contributed by atoms with E-state index < -0.39 is 0 Å². The van der Waals surface area contributed by atoms with Crippen LogP contribution in [0.15, 0.2) is 61.1 Å². The molecule has 2 aromatic carbocycles. The zero-order valence-electron chi connectivity index (χ0n) is 19.6. The Morgan fingerprint density at radius 1 is 0.829 bits per heavy atom. The van der Waals surface area contributed by atoms with Crippen molar-refractivity contribution < 1.29 is 0 Å². The molecule has 3 aromatic heterocycles. The minimum atomic E-state index is -0.244. The fraction of sp³-hybridized carbons (Fsp3) is 0.296. The summed E-state index contributed by atoms with van der Waals surface area (Å²) in [7, 11) is 0. The summed E-state index contributed by atoms with van der Waals surface area (Å²) in [5.41, 5.74) is 2.86. The second kappa shape index (κ2) is 7.21. The van der Waals surface area contributed by atoms with E-state index in [1.807, 2.05) is 18.3 Å². The molecule has 7 rings (SSSR count). The molecule has 0 spiro atoms. The first-order valence-corrected chi connectivity index (χ1v) is 12.4. The molecule has 174 valence electrons. The predicted molar refractivity (Wildman–Crippen MR) is 138 cm³/mol. The molecule has 2 aliphatic rings. The molecule has 4 heterocycles. The topological polar surface area (TPSA) is 72.6 Å². The zero-order chi connectivity index (χ0) is 23.8. The van der Waals surface area contributed by atoms with Gasteiger partial charge in [0.05, 0.1) is 16.6 Å². The average Bonchev–Trinajstić information content (AvgIpc) is 3.31. The van der Waals surface area contributed by atoms with Gasteiger partial charge in [-0.1, -0.05) is 56.2 Å². The molecule has 1 aliphatic carbocycles. The summed E-state index contributed by atoms with van der Waals surface area (Å²) >= 11 is 6.60. The maximum Gasteiger partial charge on any atom is 0.240 e. The van der Waals surface area contributed by atoms with Crippen LogP contribution in [0.2, 0.25) is 5.28 Å². The van der Waals surface area contributed by atoms with Gasteiger partial charge in [-0.15, -0.1) is 0 Å². The molecule has 2 atom stereocenters. The number of fused-ring (bicyclic) bond motifs is 6. The van der Waals surface area contributed by atoms with E-state index in [0.717, 1.165) is 52.4 Å². The third-order valence-corrected chi connectivity index (χ3v) is 8.50. The summed E-state index contributed by atoms with van der Waals surface area (Å²) in [5.74, 6) is 1.89. The number of para-hydroxylation sites is 2. The van der Waals surface area contributed by atoms with Crippen molar-refractivity contribution in [3.63, 3.8) is 0 Å². The van der Waals surface area contributed by atoms with Crippen molar-refractivity contribution in [2.45, 2.75) is 50.5 Å². The standard InChI is InChI=1S/C27H24ClN7/c1-26-13-7-8-14-27(26,2)35(22-19(26)15-29-16-30-22)25-32-23(28)31-24(33-25)34-20-11-5-3-9-17(20)18-10-4-6-12-21(18)34/h3-6,9-12,15-16H,7-8,13-14H2,1-2H3. The number of anilines is 2. The first-order valence-electron chi connectivity index (χ1n) is 12.0. The Labute approximate surface area is 207 Å². The van der Waals surface area contributed by atoms with E-state index in [1.54, 1.807) is 6.33 Å². The highest BCUT2D eigenvalue weighted by Crippen LogP contribution is 2.59. The number of aromatic nitrogens is 6. The smallest absolute Gasteiger partial charge is 0.240 e. The Balaban J connectivity index is 1.49. The van der Waals surface area contributed by atoms with Gasteiger partial charge in [-0.05, 0) is 43.5 Å². The van der Waals surface area contributed by atoms with Crippen LogP contribution in [0.25, 0.3) is 27.8 Å². The van der Waals surface area contributed by atoms with Crippen LogP contribution in [0.1, 0.15) is 45.1 Å². The molecule has 0 amide bonds. The maximum absolute atomic E-state index is 6.60. The van der Waals surface area contributed by atoms with E-state index in [2.05, 4.69) is 74.7 Å². The average molecular weight is 482 g/mol. The first kappa shape index (κ1) is 20.8. The Bertz CT molecular complexity index is 1580.